The van der Waals surface area contributed by atoms with Crippen molar-refractivity contribution in [3.63, 3.8) is 0 Å². The molecule has 0 unspecified atom stereocenters. The van der Waals surface area contributed by atoms with Gasteiger partial charge in [0.15, 0.2) is 5.41 Å². The second-order valence-electron chi connectivity index (χ2n) is 26.2. The fourth-order valence-electron chi connectivity index (χ4n) is 25.9. The Hall–Kier alpha value is -8.60. The molecule has 6 aliphatic rings. The Kier molecular flexibility index (Phi) is 2.01. The Bertz CT molecular complexity index is 6790. The fourth-order valence-corrected chi connectivity index (χ4v) is 25.9. The van der Waals surface area contributed by atoms with Gasteiger partial charge in [-0.15, -0.1) is 0 Å². The van der Waals surface area contributed by atoms with Crippen LogP contribution < -0.4 is 0 Å². The number of esters is 2. The van der Waals surface area contributed by atoms with E-state index in [0.717, 1.165) is 0 Å². The van der Waals surface area contributed by atoms with Crippen molar-refractivity contribution in [3.05, 3.63) is 22.3 Å². The highest BCUT2D eigenvalue weighted by Gasteiger charge is 3.02. The highest BCUT2D eigenvalue weighted by atomic mass is 16.7. The molecule has 28 aromatic carbocycles. The van der Waals surface area contributed by atoms with Crippen LogP contribution in [0.15, 0.2) is 0 Å². The Balaban J connectivity index is 1.18. The number of benzene rings is 18. The van der Waals surface area contributed by atoms with Gasteiger partial charge in [0.1, 0.15) is 0 Å². The average molecular weight is 863 g/mol. The molecule has 0 radical (unpaired) electrons. The van der Waals surface area contributed by atoms with Gasteiger partial charge < -0.3 is 9.47 Å². The van der Waals surface area contributed by atoms with Crippen molar-refractivity contribution in [1.29, 1.82) is 0 Å². The third-order valence-corrected chi connectivity index (χ3v) is 25.7. The largest absolute Gasteiger partial charge is 0.422 e. The maximum Gasteiger partial charge on any atom is 0.329 e. The molecule has 1 saturated heterocycles. The molecular weight excluding hydrogens is 857 g/mol. The van der Waals surface area contributed by atoms with E-state index in [0.29, 0.717) is 0 Å². The first kappa shape index (κ1) is 25.7. The van der Waals surface area contributed by atoms with Crippen molar-refractivity contribution in [2.75, 3.05) is 0 Å². The van der Waals surface area contributed by atoms with E-state index in [1.807, 2.05) is 0 Å². The average Bonchev–Trinajstić information content (AvgIpc) is 4.23. The molecule has 28 aromatic rings. The Morgan fingerprint density at radius 1 is 0.186 bits per heavy atom. The minimum absolute atomic E-state index is 0.372. The molecule has 1 heterocycles. The number of carbonyl (C=O) groups excluding carboxylic acids is 2. The van der Waals surface area contributed by atoms with Crippen LogP contribution in [-0.2, 0) is 29.9 Å². The normalized spacial score (nSPS) is 22.0. The topological polar surface area (TPSA) is 52.6 Å². The van der Waals surface area contributed by atoms with Gasteiger partial charge in [-0.05, 0) is 313 Å². The maximum atomic E-state index is 16.6. The predicted octanol–water partition coefficient (Wildman–Crippen LogP) is 16.1. The summed E-state index contributed by atoms with van der Waals surface area (Å²) in [5.41, 5.74) is 1.49. The summed E-state index contributed by atoms with van der Waals surface area (Å²) in [6.07, 6.45) is 0. The molecule has 4 nitrogen and oxygen atoms in total. The Morgan fingerprint density at radius 3 is 0.429 bits per heavy atom. The summed E-state index contributed by atoms with van der Waals surface area (Å²) in [6, 6.07) is 0. The second-order valence-corrected chi connectivity index (χ2v) is 26.2. The molecule has 3 spiro atoms. The van der Waals surface area contributed by atoms with Crippen LogP contribution in [0, 0.1) is 5.41 Å². The third-order valence-electron chi connectivity index (χ3n) is 25.7. The van der Waals surface area contributed by atoms with E-state index in [1.165, 1.54) is 216 Å². The first-order valence-corrected chi connectivity index (χ1v) is 25.7. The first-order valence-electron chi connectivity index (χ1n) is 25.7. The van der Waals surface area contributed by atoms with Crippen LogP contribution in [0.1, 0.15) is 36.1 Å². The summed E-state index contributed by atoms with van der Waals surface area (Å²) in [6.45, 7) is 3.54. The number of carbonyl (C=O) groups is 2. The van der Waals surface area contributed by atoms with Crippen LogP contribution in [0.3, 0.4) is 0 Å². The summed E-state index contributed by atoms with van der Waals surface area (Å²) in [4.78, 5) is 33.1. The van der Waals surface area contributed by atoms with Crippen LogP contribution in [0.4, 0.5) is 0 Å². The van der Waals surface area contributed by atoms with Gasteiger partial charge >= 0.3 is 11.9 Å². The molecular formula is C66H6O4. The van der Waals surface area contributed by atoms with E-state index in [1.54, 1.807) is 111 Å². The van der Waals surface area contributed by atoms with Crippen molar-refractivity contribution in [1.82, 2.24) is 0 Å². The van der Waals surface area contributed by atoms with E-state index in [4.69, 9.17) is 9.47 Å². The third kappa shape index (κ3) is 1.25. The summed E-state index contributed by atoms with van der Waals surface area (Å²) < 4.78 is 13.6. The summed E-state index contributed by atoms with van der Waals surface area (Å²) in [5.74, 6) is -2.12. The van der Waals surface area contributed by atoms with Crippen LogP contribution in [0.5, 0.6) is 0 Å². The standard InChI is InChI=1S/C66H6O4/c1-63(2)69-61(67)66(62(68)70-63)64-57-49-41-31-21-13-5-3-4-7-11-9(5)17-25-19(11)29-23-15(7)16-8(4)12-10-6(3)14(13)22-28-18(10)26-20(12)30-24(16)34-33(23)43-37(29)47-39(25)45(35(41)27(17)21)53(57)55(47)59-51(43)52-44(34)38(30)48-40(26)46-36(28)42(32(22)31)50(49)58(64)54(46)56(48)60(52)65(59,64)66/h1-2H3. The zero-order valence-corrected chi connectivity index (χ0v) is 35.6. The molecule has 0 amide bonds. The van der Waals surface area contributed by atoms with Gasteiger partial charge in [0.05, 0.1) is 10.8 Å². The van der Waals surface area contributed by atoms with Gasteiger partial charge in [-0.3, -0.25) is 9.59 Å². The first-order chi connectivity index (χ1) is 34.5. The minimum Gasteiger partial charge on any atom is -0.422 e. The quantitative estimate of drug-likeness (QED) is 0.0866. The van der Waals surface area contributed by atoms with Crippen molar-refractivity contribution in [3.8, 4) is 0 Å². The van der Waals surface area contributed by atoms with Gasteiger partial charge in [0, 0.05) is 13.8 Å². The van der Waals surface area contributed by atoms with E-state index in [-0.39, 0.29) is 11.9 Å². The lowest BCUT2D eigenvalue weighted by Crippen LogP contribution is -2.51. The molecule has 70 heavy (non-hydrogen) atoms. The summed E-state index contributed by atoms with van der Waals surface area (Å²) >= 11 is 0. The predicted molar refractivity (Wildman–Crippen MR) is 283 cm³/mol. The smallest absolute Gasteiger partial charge is 0.329 e. The molecule has 0 bridgehead atoms. The number of hydrogen-bond acceptors (Lipinski definition) is 4. The molecule has 1 aliphatic heterocycles. The Morgan fingerprint density at radius 2 is 0.300 bits per heavy atom. The van der Waals surface area contributed by atoms with Gasteiger partial charge in [-0.25, -0.2) is 0 Å². The number of rotatable bonds is 0. The van der Waals surface area contributed by atoms with Gasteiger partial charge in [0.2, 0.25) is 0 Å². The lowest BCUT2D eigenvalue weighted by Gasteiger charge is -2.35. The fraction of sp³-hybridized carbons (Fsp3) is 0.0909. The van der Waals surface area contributed by atoms with Gasteiger partial charge in [-0.2, -0.15) is 0 Å². The lowest BCUT2D eigenvalue weighted by molar-refractivity contribution is -0.244. The molecule has 0 atom stereocenters. The van der Waals surface area contributed by atoms with Crippen LogP contribution >= 0.6 is 0 Å². The number of cyclic esters (lactones) is 2. The summed E-state index contributed by atoms with van der Waals surface area (Å²) in [7, 11) is 0. The van der Waals surface area contributed by atoms with Crippen molar-refractivity contribution >= 4 is 303 Å². The summed E-state index contributed by atoms with van der Waals surface area (Å²) in [5, 5.41) is 80.4. The highest BCUT2D eigenvalue weighted by Crippen LogP contribution is 2.97. The number of hydrogen-bond donors (Lipinski definition) is 0. The zero-order valence-electron chi connectivity index (χ0n) is 35.6. The molecule has 4 heteroatoms. The molecule has 5 aliphatic carbocycles. The lowest BCUT2D eigenvalue weighted by atomic mass is 9.68. The van der Waals surface area contributed by atoms with Crippen molar-refractivity contribution in [2.45, 2.75) is 30.5 Å². The number of ether oxygens (including phenoxy) is 2. The van der Waals surface area contributed by atoms with E-state index < -0.39 is 22.0 Å². The molecule has 2 fully saturated rings. The van der Waals surface area contributed by atoms with Crippen LogP contribution in [-0.4, -0.2) is 17.7 Å². The van der Waals surface area contributed by atoms with Crippen molar-refractivity contribution in [2.24, 2.45) is 5.41 Å². The second kappa shape index (κ2) is 5.47. The molecule has 294 valence electrons. The van der Waals surface area contributed by atoms with Gasteiger partial charge in [0.25, 0.3) is 5.79 Å². The molecule has 34 rings (SSSR count). The zero-order chi connectivity index (χ0) is 42.1. The van der Waals surface area contributed by atoms with E-state index >= 15 is 9.59 Å². The maximum absolute atomic E-state index is 16.6. The SMILES string of the molecule is CC1(C)OC(=O)C2(C(=O)O1)C13c4c5c6c7c8c9c(c%10c%11c1c1c4c4c%12c5c5c6c6c8c8c%13c9c9c%10c%10c%11c%11c1c1c4c4c%12c%12c5c5c6c8c6c8c%13c9c9c%10c%10c%11c1c1c4c4c%12c5c6c5c8c9c%10c1c45)C723. The van der Waals surface area contributed by atoms with Gasteiger partial charge in [-0.1, -0.05) is 0 Å². The molecule has 0 aromatic heterocycles. The highest BCUT2D eigenvalue weighted by molar-refractivity contribution is 6.82. The molecule has 0 N–H and O–H groups in total. The monoisotopic (exact) mass is 862 g/mol. The van der Waals surface area contributed by atoms with Crippen LogP contribution in [0.2, 0.25) is 0 Å². The van der Waals surface area contributed by atoms with Crippen LogP contribution in [0.25, 0.3) is 291 Å². The minimum atomic E-state index is -1.63. The van der Waals surface area contributed by atoms with Crippen molar-refractivity contribution < 1.29 is 19.1 Å². The molecule has 1 saturated carbocycles. The van der Waals surface area contributed by atoms with E-state index in [9.17, 15) is 0 Å². The Labute approximate surface area is 378 Å². The van der Waals surface area contributed by atoms with E-state index in [2.05, 4.69) is 0 Å².